The summed E-state index contributed by atoms with van der Waals surface area (Å²) in [6.45, 7) is 3.91. The molecule has 0 spiro atoms. The van der Waals surface area contributed by atoms with Gasteiger partial charge in [-0.05, 0) is 76.7 Å². The quantitative estimate of drug-likeness (QED) is 0.150. The minimum atomic E-state index is -3.74. The summed E-state index contributed by atoms with van der Waals surface area (Å²) in [7, 11) is -2.27. The van der Waals surface area contributed by atoms with Gasteiger partial charge in [-0.2, -0.15) is 9.41 Å². The second kappa shape index (κ2) is 13.8. The van der Waals surface area contributed by atoms with Gasteiger partial charge in [-0.3, -0.25) is 9.80 Å². The van der Waals surface area contributed by atoms with E-state index in [-0.39, 0.29) is 36.5 Å². The van der Waals surface area contributed by atoms with Crippen molar-refractivity contribution in [1.82, 2.24) is 4.31 Å². The van der Waals surface area contributed by atoms with Crippen molar-refractivity contribution in [2.45, 2.75) is 44.0 Å². The van der Waals surface area contributed by atoms with Crippen LogP contribution in [0.15, 0.2) is 107 Å². The number of fused-ring (bicyclic) bond motifs is 1. The predicted octanol–water partition coefficient (Wildman–Crippen LogP) is 7.50. The minimum Gasteiger partial charge on any atom is -0.464 e. The SMILES string of the molecule is CCC(=O)OCCN(C)S(=O)(=O)c1ccc(N2N=C(c3ccc(Cl)cc3)CC2c2ccc(CC)cc2)cc1.c1cc2cc-2c1. The number of esters is 1. The molecule has 228 valence electrons. The molecule has 2 aliphatic carbocycles. The highest BCUT2D eigenvalue weighted by Crippen LogP contribution is 2.37. The molecule has 3 aromatic rings. The summed E-state index contributed by atoms with van der Waals surface area (Å²) in [5.41, 5.74) is 7.97. The molecule has 1 aliphatic heterocycles. The number of anilines is 1. The Kier molecular flexibility index (Phi) is 9.84. The summed E-state index contributed by atoms with van der Waals surface area (Å²) >= 11 is 6.09. The smallest absolute Gasteiger partial charge is 0.305 e. The maximum absolute atomic E-state index is 13.1. The van der Waals surface area contributed by atoms with Crippen molar-refractivity contribution in [2.75, 3.05) is 25.2 Å². The number of hydrogen-bond donors (Lipinski definition) is 0. The van der Waals surface area contributed by atoms with E-state index in [1.807, 2.05) is 29.3 Å². The van der Waals surface area contributed by atoms with E-state index in [0.717, 1.165) is 28.9 Å². The van der Waals surface area contributed by atoms with Gasteiger partial charge in [0.25, 0.3) is 0 Å². The third kappa shape index (κ3) is 7.38. The highest BCUT2D eigenvalue weighted by Gasteiger charge is 2.30. The van der Waals surface area contributed by atoms with Crippen molar-refractivity contribution in [2.24, 2.45) is 5.10 Å². The zero-order valence-electron chi connectivity index (χ0n) is 25.1. The lowest BCUT2D eigenvalue weighted by molar-refractivity contribution is -0.143. The van der Waals surface area contributed by atoms with E-state index in [2.05, 4.69) is 55.5 Å². The Labute approximate surface area is 264 Å². The Morgan fingerprint density at radius 1 is 0.932 bits per heavy atom. The van der Waals surface area contributed by atoms with Gasteiger partial charge in [0.2, 0.25) is 10.0 Å². The van der Waals surface area contributed by atoms with Gasteiger partial charge in [-0.25, -0.2) is 8.42 Å². The monoisotopic (exact) mass is 629 g/mol. The third-order valence-electron chi connectivity index (χ3n) is 7.74. The molecule has 1 heterocycles. The van der Waals surface area contributed by atoms with E-state index >= 15 is 0 Å². The van der Waals surface area contributed by atoms with E-state index in [1.54, 1.807) is 31.2 Å². The van der Waals surface area contributed by atoms with E-state index < -0.39 is 10.0 Å². The van der Waals surface area contributed by atoms with Gasteiger partial charge in [0, 0.05) is 31.5 Å². The fourth-order valence-corrected chi connectivity index (χ4v) is 6.22. The van der Waals surface area contributed by atoms with Crippen LogP contribution in [-0.2, 0) is 26.0 Å². The van der Waals surface area contributed by atoms with Gasteiger partial charge < -0.3 is 4.74 Å². The number of carbonyl (C=O) groups excluding carboxylic acids is 1. The summed E-state index contributed by atoms with van der Waals surface area (Å²) in [5, 5.41) is 7.57. The molecule has 0 saturated heterocycles. The molecule has 0 N–H and O–H groups in total. The zero-order chi connectivity index (χ0) is 31.3. The van der Waals surface area contributed by atoms with Gasteiger partial charge in [0.15, 0.2) is 0 Å². The first kappa shape index (κ1) is 31.4. The number of halogens is 1. The third-order valence-corrected chi connectivity index (χ3v) is 9.86. The Balaban J connectivity index is 0.000000561. The number of aryl methyl sites for hydroxylation is 1. The average molecular weight is 630 g/mol. The van der Waals surface area contributed by atoms with E-state index in [0.29, 0.717) is 11.4 Å². The highest BCUT2D eigenvalue weighted by atomic mass is 35.5. The van der Waals surface area contributed by atoms with Crippen LogP contribution in [0.4, 0.5) is 5.69 Å². The van der Waals surface area contributed by atoms with Crippen molar-refractivity contribution in [1.29, 1.82) is 0 Å². The fourth-order valence-electron chi connectivity index (χ4n) is 4.94. The van der Waals surface area contributed by atoms with Crippen LogP contribution in [0, 0.1) is 0 Å². The van der Waals surface area contributed by atoms with Crippen LogP contribution >= 0.6 is 11.6 Å². The predicted molar refractivity (Wildman–Crippen MR) is 177 cm³/mol. The standard InChI is InChI=1S/C29H32ClN3O4S.C6H4/c1-4-21-6-8-23(9-7-21)28-20-27(22-10-12-24(30)13-11-22)31-33(28)25-14-16-26(17-15-25)38(35,36)32(3)18-19-37-29(34)5-2;1-2-5-4-6(5)3-1/h6-17,28H,4-5,18-20H2,1-3H3;1-4H. The summed E-state index contributed by atoms with van der Waals surface area (Å²) in [6.07, 6.45) is 1.92. The van der Waals surface area contributed by atoms with Gasteiger partial charge in [-0.15, -0.1) is 0 Å². The Bertz CT molecular complexity index is 1720. The molecule has 0 amide bonds. The van der Waals surface area contributed by atoms with Crippen molar-refractivity contribution >= 4 is 39.0 Å². The van der Waals surface area contributed by atoms with Gasteiger partial charge in [0.1, 0.15) is 6.61 Å². The summed E-state index contributed by atoms with van der Waals surface area (Å²) < 4.78 is 32.3. The zero-order valence-corrected chi connectivity index (χ0v) is 26.7. The number of rotatable bonds is 10. The van der Waals surface area contributed by atoms with Crippen LogP contribution in [0.1, 0.15) is 49.4 Å². The molecular formula is C35H36ClN3O4S. The molecule has 9 heteroatoms. The number of benzene rings is 4. The van der Waals surface area contributed by atoms with E-state index in [9.17, 15) is 13.2 Å². The normalized spacial score (nSPS) is 15.0. The molecule has 0 fully saturated rings. The molecule has 0 radical (unpaired) electrons. The lowest BCUT2D eigenvalue weighted by Crippen LogP contribution is -2.30. The van der Waals surface area contributed by atoms with Crippen molar-refractivity contribution in [3.8, 4) is 11.1 Å². The van der Waals surface area contributed by atoms with Crippen molar-refractivity contribution in [3.05, 3.63) is 119 Å². The summed E-state index contributed by atoms with van der Waals surface area (Å²) in [5.74, 6) is -0.358. The summed E-state index contributed by atoms with van der Waals surface area (Å²) in [4.78, 5) is 11.5. The van der Waals surface area contributed by atoms with Crippen molar-refractivity contribution < 1.29 is 17.9 Å². The molecule has 3 aromatic carbocycles. The molecule has 0 bridgehead atoms. The van der Waals surface area contributed by atoms with Gasteiger partial charge in [-0.1, -0.05) is 80.0 Å². The van der Waals surface area contributed by atoms with Gasteiger partial charge in [0.05, 0.1) is 22.3 Å². The molecule has 6 rings (SSSR count). The molecule has 0 aromatic heterocycles. The number of ether oxygens (including phenoxy) is 1. The second-order valence-electron chi connectivity index (χ2n) is 10.7. The molecule has 1 atom stereocenters. The number of nitrogens with zero attached hydrogens (tertiary/aromatic N) is 3. The van der Waals surface area contributed by atoms with E-state index in [4.69, 9.17) is 21.4 Å². The van der Waals surface area contributed by atoms with Crippen LogP contribution in [0.2, 0.25) is 5.02 Å². The van der Waals surface area contributed by atoms with Crippen LogP contribution < -0.4 is 5.01 Å². The topological polar surface area (TPSA) is 79.3 Å². The Hall–Kier alpha value is -3.98. The number of sulfonamides is 1. The first-order valence-electron chi connectivity index (χ1n) is 14.7. The molecule has 3 aliphatic rings. The number of likely N-dealkylation sites (N-methyl/N-ethyl adjacent to an activating group) is 1. The molecule has 1 unspecified atom stereocenters. The summed E-state index contributed by atoms with van der Waals surface area (Å²) in [6, 6.07) is 31.4. The fraction of sp³-hybridized carbons (Fsp3) is 0.257. The number of hydrogen-bond acceptors (Lipinski definition) is 6. The van der Waals surface area contributed by atoms with Crippen LogP contribution in [0.5, 0.6) is 0 Å². The first-order valence-corrected chi connectivity index (χ1v) is 16.6. The van der Waals surface area contributed by atoms with Crippen LogP contribution in [0.25, 0.3) is 11.1 Å². The van der Waals surface area contributed by atoms with Crippen LogP contribution in [-0.4, -0.2) is 44.6 Å². The molecule has 7 nitrogen and oxygen atoms in total. The van der Waals surface area contributed by atoms with Gasteiger partial charge >= 0.3 is 5.97 Å². The number of hydrazone groups is 1. The Morgan fingerprint density at radius 2 is 1.59 bits per heavy atom. The average Bonchev–Trinajstić information content (AvgIpc) is 3.41. The van der Waals surface area contributed by atoms with Crippen LogP contribution in [0.3, 0.4) is 0 Å². The maximum Gasteiger partial charge on any atom is 0.305 e. The second-order valence-corrected chi connectivity index (χ2v) is 13.2. The maximum atomic E-state index is 13.1. The molecule has 0 saturated carbocycles. The number of carbonyl (C=O) groups is 1. The molecular weight excluding hydrogens is 594 g/mol. The van der Waals surface area contributed by atoms with Crippen molar-refractivity contribution in [3.63, 3.8) is 0 Å². The lowest BCUT2D eigenvalue weighted by atomic mass is 9.97. The first-order chi connectivity index (χ1) is 21.2. The molecule has 44 heavy (non-hydrogen) atoms. The van der Waals surface area contributed by atoms with E-state index in [1.165, 1.54) is 28.0 Å². The highest BCUT2D eigenvalue weighted by molar-refractivity contribution is 7.89. The minimum absolute atomic E-state index is 0.00888. The largest absolute Gasteiger partial charge is 0.464 e. The Morgan fingerprint density at radius 3 is 2.14 bits per heavy atom. The lowest BCUT2D eigenvalue weighted by Gasteiger charge is -2.24.